The lowest BCUT2D eigenvalue weighted by molar-refractivity contribution is -0.116. The Hall–Kier alpha value is -2.74. The van der Waals surface area contributed by atoms with Gasteiger partial charge < -0.3 is 10.6 Å². The minimum absolute atomic E-state index is 0.0976. The van der Waals surface area contributed by atoms with E-state index in [0.717, 1.165) is 21.8 Å². The number of carbonyl (C=O) groups is 2. The van der Waals surface area contributed by atoms with E-state index in [1.54, 1.807) is 4.40 Å². The van der Waals surface area contributed by atoms with Crippen molar-refractivity contribution in [2.75, 3.05) is 11.9 Å². The fraction of sp³-hybridized carbons (Fsp3) is 0.368. The van der Waals surface area contributed by atoms with Gasteiger partial charge in [-0.25, -0.2) is 9.97 Å². The summed E-state index contributed by atoms with van der Waals surface area (Å²) in [5.74, 6) is -0.281. The number of hydrogen-bond acceptors (Lipinski definition) is 5. The smallest absolute Gasteiger partial charge is 0.270 e. The molecule has 0 aliphatic heterocycles. The van der Waals surface area contributed by atoms with Crippen LogP contribution in [0.4, 0.5) is 5.13 Å². The van der Waals surface area contributed by atoms with Gasteiger partial charge in [-0.1, -0.05) is 6.07 Å². The van der Waals surface area contributed by atoms with Crippen LogP contribution in [0.2, 0.25) is 0 Å². The van der Waals surface area contributed by atoms with Gasteiger partial charge in [0.2, 0.25) is 5.91 Å². The van der Waals surface area contributed by atoms with Gasteiger partial charge in [-0.2, -0.15) is 0 Å². The molecule has 3 heterocycles. The number of aryl methyl sites for hydroxylation is 4. The van der Waals surface area contributed by atoms with E-state index in [1.165, 1.54) is 11.3 Å². The molecule has 142 valence electrons. The quantitative estimate of drug-likeness (QED) is 0.638. The lowest BCUT2D eigenvalue weighted by atomic mass is 10.2. The van der Waals surface area contributed by atoms with Crippen LogP contribution in [-0.4, -0.2) is 32.7 Å². The number of rotatable bonds is 6. The molecule has 7 nitrogen and oxygen atoms in total. The zero-order valence-corrected chi connectivity index (χ0v) is 16.7. The Balaban J connectivity index is 1.52. The van der Waals surface area contributed by atoms with Crippen LogP contribution in [-0.2, 0) is 4.79 Å². The highest BCUT2D eigenvalue weighted by molar-refractivity contribution is 7.15. The van der Waals surface area contributed by atoms with Crippen LogP contribution in [0.15, 0.2) is 18.3 Å². The van der Waals surface area contributed by atoms with Crippen molar-refractivity contribution in [3.63, 3.8) is 0 Å². The predicted molar refractivity (Wildman–Crippen MR) is 106 cm³/mol. The highest BCUT2D eigenvalue weighted by Gasteiger charge is 2.17. The van der Waals surface area contributed by atoms with Crippen LogP contribution in [0.25, 0.3) is 5.65 Å². The van der Waals surface area contributed by atoms with Crippen molar-refractivity contribution >= 4 is 33.9 Å². The van der Waals surface area contributed by atoms with Crippen LogP contribution >= 0.6 is 11.3 Å². The maximum absolute atomic E-state index is 12.5. The molecular weight excluding hydrogens is 362 g/mol. The van der Waals surface area contributed by atoms with Crippen molar-refractivity contribution in [3.05, 3.63) is 45.9 Å². The normalized spacial score (nSPS) is 11.0. The summed E-state index contributed by atoms with van der Waals surface area (Å²) in [6.45, 7) is 8.10. The number of fused-ring (bicyclic) bond motifs is 1. The summed E-state index contributed by atoms with van der Waals surface area (Å²) in [7, 11) is 0. The van der Waals surface area contributed by atoms with Crippen molar-refractivity contribution in [2.45, 2.75) is 40.5 Å². The number of amides is 2. The minimum Gasteiger partial charge on any atom is -0.351 e. The van der Waals surface area contributed by atoms with Crippen molar-refractivity contribution < 1.29 is 9.59 Å². The van der Waals surface area contributed by atoms with Crippen molar-refractivity contribution in [1.29, 1.82) is 0 Å². The molecule has 0 aliphatic rings. The summed E-state index contributed by atoms with van der Waals surface area (Å²) in [6.07, 6.45) is 2.71. The summed E-state index contributed by atoms with van der Waals surface area (Å²) >= 11 is 1.47. The summed E-state index contributed by atoms with van der Waals surface area (Å²) in [5.41, 5.74) is 3.96. The molecule has 0 unspecified atom stereocenters. The van der Waals surface area contributed by atoms with Crippen molar-refractivity contribution in [2.24, 2.45) is 0 Å². The van der Waals surface area contributed by atoms with E-state index in [1.807, 2.05) is 46.0 Å². The summed E-state index contributed by atoms with van der Waals surface area (Å²) < 4.78 is 1.81. The molecule has 8 heteroatoms. The van der Waals surface area contributed by atoms with E-state index in [-0.39, 0.29) is 11.8 Å². The molecule has 0 atom stereocenters. The topological polar surface area (TPSA) is 88.4 Å². The monoisotopic (exact) mass is 385 g/mol. The highest BCUT2D eigenvalue weighted by atomic mass is 32.1. The number of anilines is 1. The first-order valence-corrected chi connectivity index (χ1v) is 9.65. The summed E-state index contributed by atoms with van der Waals surface area (Å²) in [4.78, 5) is 34.4. The molecule has 0 bridgehead atoms. The van der Waals surface area contributed by atoms with E-state index in [0.29, 0.717) is 35.9 Å². The van der Waals surface area contributed by atoms with Gasteiger partial charge in [0, 0.05) is 24.0 Å². The molecule has 2 N–H and O–H groups in total. The average molecular weight is 385 g/mol. The Bertz CT molecular complexity index is 986. The van der Waals surface area contributed by atoms with E-state index in [9.17, 15) is 9.59 Å². The van der Waals surface area contributed by atoms with Gasteiger partial charge in [-0.3, -0.25) is 14.0 Å². The molecule has 0 saturated carbocycles. The molecule has 2 amide bonds. The molecule has 0 fully saturated rings. The average Bonchev–Trinajstić information content (AvgIpc) is 3.11. The van der Waals surface area contributed by atoms with Gasteiger partial charge in [0.05, 0.1) is 11.4 Å². The lowest BCUT2D eigenvalue weighted by Crippen LogP contribution is -2.27. The van der Waals surface area contributed by atoms with Crippen molar-refractivity contribution in [3.8, 4) is 0 Å². The first kappa shape index (κ1) is 19.0. The Morgan fingerprint density at radius 2 is 1.93 bits per heavy atom. The maximum Gasteiger partial charge on any atom is 0.270 e. The summed E-state index contributed by atoms with van der Waals surface area (Å²) in [6, 6.07) is 3.86. The largest absolute Gasteiger partial charge is 0.351 e. The van der Waals surface area contributed by atoms with Gasteiger partial charge >= 0.3 is 0 Å². The summed E-state index contributed by atoms with van der Waals surface area (Å²) in [5, 5.41) is 6.30. The molecule has 0 aliphatic carbocycles. The zero-order chi connectivity index (χ0) is 19.6. The molecule has 0 spiro atoms. The number of hydrogen-bond donors (Lipinski definition) is 2. The van der Waals surface area contributed by atoms with Crippen LogP contribution < -0.4 is 10.6 Å². The van der Waals surface area contributed by atoms with E-state index < -0.39 is 0 Å². The lowest BCUT2D eigenvalue weighted by Gasteiger charge is -2.06. The number of nitrogens with one attached hydrogen (secondary N) is 2. The van der Waals surface area contributed by atoms with E-state index >= 15 is 0 Å². The van der Waals surface area contributed by atoms with Crippen LogP contribution in [0.5, 0.6) is 0 Å². The standard InChI is InChI=1S/C19H23N5O2S/c1-11-7-6-10-24-16(13(3)21-17(11)24)18(26)20-9-5-8-15(25)23-19-22-12(2)14(4)27-19/h6-7,10H,5,8-9H2,1-4H3,(H,20,26)(H,22,23,25). The van der Waals surface area contributed by atoms with Crippen LogP contribution in [0.3, 0.4) is 0 Å². The van der Waals surface area contributed by atoms with Crippen molar-refractivity contribution in [1.82, 2.24) is 19.7 Å². The van der Waals surface area contributed by atoms with Gasteiger partial charge in [0.1, 0.15) is 11.3 Å². The fourth-order valence-electron chi connectivity index (χ4n) is 2.83. The van der Waals surface area contributed by atoms with Gasteiger partial charge in [0.25, 0.3) is 5.91 Å². The Labute approximate surface area is 161 Å². The molecule has 0 saturated heterocycles. The van der Waals surface area contributed by atoms with Gasteiger partial charge in [-0.15, -0.1) is 11.3 Å². The van der Waals surface area contributed by atoms with E-state index in [4.69, 9.17) is 0 Å². The van der Waals surface area contributed by atoms with Crippen LogP contribution in [0.1, 0.15) is 45.2 Å². The third kappa shape index (κ3) is 4.16. The molecular formula is C19H23N5O2S. The number of imidazole rings is 1. The molecule has 3 rings (SSSR count). The number of nitrogens with zero attached hydrogens (tertiary/aromatic N) is 3. The van der Waals surface area contributed by atoms with Gasteiger partial charge in [-0.05, 0) is 45.7 Å². The second-order valence-corrected chi connectivity index (χ2v) is 7.70. The fourth-order valence-corrected chi connectivity index (χ4v) is 3.66. The Kier molecular flexibility index (Phi) is 5.55. The second kappa shape index (κ2) is 7.87. The predicted octanol–water partition coefficient (Wildman–Crippen LogP) is 3.17. The minimum atomic E-state index is -0.183. The maximum atomic E-state index is 12.5. The molecule has 0 aromatic carbocycles. The zero-order valence-electron chi connectivity index (χ0n) is 15.9. The Morgan fingerprint density at radius 1 is 1.15 bits per heavy atom. The first-order chi connectivity index (χ1) is 12.9. The van der Waals surface area contributed by atoms with E-state index in [2.05, 4.69) is 20.6 Å². The first-order valence-electron chi connectivity index (χ1n) is 8.83. The SMILES string of the molecule is Cc1nc(NC(=O)CCCNC(=O)c2c(C)nc3c(C)cccn23)sc1C. The second-order valence-electron chi connectivity index (χ2n) is 6.50. The Morgan fingerprint density at radius 3 is 2.63 bits per heavy atom. The van der Waals surface area contributed by atoms with Crippen LogP contribution in [0, 0.1) is 27.7 Å². The third-order valence-electron chi connectivity index (χ3n) is 4.38. The number of aromatic nitrogens is 3. The number of carbonyl (C=O) groups excluding carboxylic acids is 2. The molecule has 3 aromatic rings. The molecule has 3 aromatic heterocycles. The number of thiazole rings is 1. The third-order valence-corrected chi connectivity index (χ3v) is 5.36. The molecule has 27 heavy (non-hydrogen) atoms. The number of pyridine rings is 1. The van der Waals surface area contributed by atoms with Gasteiger partial charge in [0.15, 0.2) is 5.13 Å². The molecule has 0 radical (unpaired) electrons. The highest BCUT2D eigenvalue weighted by Crippen LogP contribution is 2.21.